The van der Waals surface area contributed by atoms with Crippen molar-refractivity contribution in [1.82, 2.24) is 4.90 Å². The van der Waals surface area contributed by atoms with E-state index in [-0.39, 0.29) is 6.10 Å². The van der Waals surface area contributed by atoms with Gasteiger partial charge in [-0.25, -0.2) is 0 Å². The second-order valence-corrected chi connectivity index (χ2v) is 6.44. The Morgan fingerprint density at radius 1 is 0.950 bits per heavy atom. The molecule has 0 spiro atoms. The molecule has 0 aromatic heterocycles. The Kier molecular flexibility index (Phi) is 4.74. The van der Waals surface area contributed by atoms with Crippen molar-refractivity contribution in [3.8, 4) is 0 Å². The van der Waals surface area contributed by atoms with Crippen molar-refractivity contribution >= 4 is 0 Å². The summed E-state index contributed by atoms with van der Waals surface area (Å²) in [5, 5.41) is 10.4. The third-order valence-corrected chi connectivity index (χ3v) is 4.92. The van der Waals surface area contributed by atoms with Gasteiger partial charge in [0.25, 0.3) is 0 Å². The van der Waals surface area contributed by atoms with Crippen LogP contribution >= 0.6 is 0 Å². The van der Waals surface area contributed by atoms with Gasteiger partial charge in [-0.15, -0.1) is 0 Å². The summed E-state index contributed by atoms with van der Waals surface area (Å²) < 4.78 is 0. The van der Waals surface area contributed by atoms with Crippen LogP contribution in [-0.2, 0) is 12.8 Å². The summed E-state index contributed by atoms with van der Waals surface area (Å²) in [4.78, 5) is 2.51. The lowest BCUT2D eigenvalue weighted by atomic mass is 9.89. The second-order valence-electron chi connectivity index (χ2n) is 6.44. The van der Waals surface area contributed by atoms with E-state index in [1.807, 2.05) is 0 Å². The fourth-order valence-corrected chi connectivity index (χ4v) is 3.62. The van der Waals surface area contributed by atoms with E-state index < -0.39 is 0 Å². The van der Waals surface area contributed by atoms with Gasteiger partial charge in [0.2, 0.25) is 0 Å². The number of benzene rings is 1. The molecule has 1 N–H and O–H groups in total. The molecule has 1 atom stereocenters. The summed E-state index contributed by atoms with van der Waals surface area (Å²) in [5.41, 5.74) is 4.11. The molecule has 1 aromatic carbocycles. The normalized spacial score (nSPS) is 21.4. The maximum absolute atomic E-state index is 10.4. The van der Waals surface area contributed by atoms with Crippen LogP contribution < -0.4 is 0 Å². The van der Waals surface area contributed by atoms with Crippen LogP contribution in [0.15, 0.2) is 18.2 Å². The van der Waals surface area contributed by atoms with Crippen LogP contribution in [0.25, 0.3) is 0 Å². The maximum atomic E-state index is 10.4. The molecule has 0 amide bonds. The SMILES string of the molecule is OC(CCN1CCCCC1)c1ccc2c(c1)CCCC2. The molecule has 0 bridgehead atoms. The van der Waals surface area contributed by atoms with Gasteiger partial charge in [0.1, 0.15) is 0 Å². The quantitative estimate of drug-likeness (QED) is 0.908. The monoisotopic (exact) mass is 273 g/mol. The van der Waals surface area contributed by atoms with E-state index in [1.165, 1.54) is 69.2 Å². The number of aliphatic hydroxyl groups excluding tert-OH is 1. The van der Waals surface area contributed by atoms with Crippen LogP contribution in [0.5, 0.6) is 0 Å². The zero-order chi connectivity index (χ0) is 13.8. The van der Waals surface area contributed by atoms with E-state index in [0.717, 1.165) is 18.5 Å². The molecule has 1 heterocycles. The highest BCUT2D eigenvalue weighted by molar-refractivity contribution is 5.34. The van der Waals surface area contributed by atoms with Gasteiger partial charge in [-0.05, 0) is 74.7 Å². The minimum absolute atomic E-state index is 0.288. The summed E-state index contributed by atoms with van der Waals surface area (Å²) in [6.07, 6.45) is 9.67. The fraction of sp³-hybridized carbons (Fsp3) is 0.667. The molecule has 0 radical (unpaired) electrons. The minimum atomic E-state index is -0.288. The van der Waals surface area contributed by atoms with E-state index in [2.05, 4.69) is 23.1 Å². The zero-order valence-corrected chi connectivity index (χ0v) is 12.5. The van der Waals surface area contributed by atoms with Gasteiger partial charge in [0.15, 0.2) is 0 Å². The standard InChI is InChI=1S/C18H27NO/c20-18(10-13-19-11-4-1-5-12-19)17-9-8-15-6-2-3-7-16(15)14-17/h8-9,14,18,20H,1-7,10-13H2. The molecule has 2 nitrogen and oxygen atoms in total. The molecule has 1 aromatic rings. The summed E-state index contributed by atoms with van der Waals surface area (Å²) in [5.74, 6) is 0. The third-order valence-electron chi connectivity index (χ3n) is 4.92. The second kappa shape index (κ2) is 6.73. The Labute approximate surface area is 122 Å². The first kappa shape index (κ1) is 14.1. The Balaban J connectivity index is 1.57. The van der Waals surface area contributed by atoms with Crippen molar-refractivity contribution in [3.05, 3.63) is 34.9 Å². The number of nitrogens with zero attached hydrogens (tertiary/aromatic N) is 1. The van der Waals surface area contributed by atoms with Crippen LogP contribution in [0, 0.1) is 0 Å². The molecule has 1 aliphatic heterocycles. The van der Waals surface area contributed by atoms with E-state index in [4.69, 9.17) is 0 Å². The van der Waals surface area contributed by atoms with Gasteiger partial charge in [-0.3, -0.25) is 0 Å². The molecule has 1 saturated heterocycles. The molecule has 1 fully saturated rings. The first-order valence-corrected chi connectivity index (χ1v) is 8.35. The lowest BCUT2D eigenvalue weighted by molar-refractivity contribution is 0.134. The van der Waals surface area contributed by atoms with Gasteiger partial charge in [0, 0.05) is 6.54 Å². The first-order valence-electron chi connectivity index (χ1n) is 8.35. The summed E-state index contributed by atoms with van der Waals surface area (Å²) in [6, 6.07) is 6.65. The van der Waals surface area contributed by atoms with E-state index in [9.17, 15) is 5.11 Å². The lowest BCUT2D eigenvalue weighted by Crippen LogP contribution is -2.31. The number of aryl methyl sites for hydroxylation is 2. The van der Waals surface area contributed by atoms with Crippen LogP contribution in [0.3, 0.4) is 0 Å². The summed E-state index contributed by atoms with van der Waals surface area (Å²) in [6.45, 7) is 3.48. The average molecular weight is 273 g/mol. The number of piperidine rings is 1. The van der Waals surface area contributed by atoms with Gasteiger partial charge >= 0.3 is 0 Å². The van der Waals surface area contributed by atoms with Gasteiger partial charge in [-0.1, -0.05) is 24.6 Å². The topological polar surface area (TPSA) is 23.5 Å². The van der Waals surface area contributed by atoms with Gasteiger partial charge in [0.05, 0.1) is 6.10 Å². The van der Waals surface area contributed by atoms with Crippen LogP contribution in [0.1, 0.15) is 61.3 Å². The average Bonchev–Trinajstić information content (AvgIpc) is 2.53. The highest BCUT2D eigenvalue weighted by Crippen LogP contribution is 2.26. The predicted octanol–water partition coefficient (Wildman–Crippen LogP) is 3.47. The van der Waals surface area contributed by atoms with Crippen molar-refractivity contribution in [2.45, 2.75) is 57.5 Å². The third kappa shape index (κ3) is 3.42. The highest BCUT2D eigenvalue weighted by Gasteiger charge is 2.15. The molecule has 2 aliphatic rings. The number of aliphatic hydroxyl groups is 1. The molecular weight excluding hydrogens is 246 g/mol. The molecular formula is C18H27NO. The number of likely N-dealkylation sites (tertiary alicyclic amines) is 1. The summed E-state index contributed by atoms with van der Waals surface area (Å²) >= 11 is 0. The Morgan fingerprint density at radius 3 is 2.50 bits per heavy atom. The minimum Gasteiger partial charge on any atom is -0.388 e. The van der Waals surface area contributed by atoms with Gasteiger partial charge < -0.3 is 10.0 Å². The Hall–Kier alpha value is -0.860. The Bertz CT molecular complexity index is 437. The number of hydrogen-bond donors (Lipinski definition) is 1. The molecule has 20 heavy (non-hydrogen) atoms. The maximum Gasteiger partial charge on any atom is 0.0802 e. The highest BCUT2D eigenvalue weighted by atomic mass is 16.3. The van der Waals surface area contributed by atoms with E-state index in [1.54, 1.807) is 0 Å². The number of hydrogen-bond acceptors (Lipinski definition) is 2. The molecule has 110 valence electrons. The Morgan fingerprint density at radius 2 is 1.70 bits per heavy atom. The van der Waals surface area contributed by atoms with Crippen molar-refractivity contribution in [2.75, 3.05) is 19.6 Å². The van der Waals surface area contributed by atoms with Crippen molar-refractivity contribution < 1.29 is 5.11 Å². The van der Waals surface area contributed by atoms with Crippen molar-refractivity contribution in [3.63, 3.8) is 0 Å². The van der Waals surface area contributed by atoms with E-state index in [0.29, 0.717) is 0 Å². The van der Waals surface area contributed by atoms with Crippen molar-refractivity contribution in [1.29, 1.82) is 0 Å². The molecule has 1 aliphatic carbocycles. The number of rotatable bonds is 4. The fourth-order valence-electron chi connectivity index (χ4n) is 3.62. The lowest BCUT2D eigenvalue weighted by Gasteiger charge is -2.27. The van der Waals surface area contributed by atoms with E-state index >= 15 is 0 Å². The number of fused-ring (bicyclic) bond motifs is 1. The van der Waals surface area contributed by atoms with Crippen LogP contribution in [-0.4, -0.2) is 29.6 Å². The largest absolute Gasteiger partial charge is 0.388 e. The predicted molar refractivity (Wildman–Crippen MR) is 83.0 cm³/mol. The first-order chi connectivity index (χ1) is 9.83. The molecule has 0 saturated carbocycles. The van der Waals surface area contributed by atoms with Crippen LogP contribution in [0.4, 0.5) is 0 Å². The van der Waals surface area contributed by atoms with Gasteiger partial charge in [-0.2, -0.15) is 0 Å². The molecule has 2 heteroatoms. The summed E-state index contributed by atoms with van der Waals surface area (Å²) in [7, 11) is 0. The molecule has 1 unspecified atom stereocenters. The van der Waals surface area contributed by atoms with Crippen LogP contribution in [0.2, 0.25) is 0 Å². The van der Waals surface area contributed by atoms with Crippen molar-refractivity contribution in [2.24, 2.45) is 0 Å². The zero-order valence-electron chi connectivity index (χ0n) is 12.5. The molecule has 3 rings (SSSR count). The smallest absolute Gasteiger partial charge is 0.0802 e.